The normalized spacial score (nSPS) is 19.0. The van der Waals surface area contributed by atoms with Crippen LogP contribution in [0.5, 0.6) is 0 Å². The molecule has 8 heteroatoms. The highest BCUT2D eigenvalue weighted by Crippen LogP contribution is 2.31. The van der Waals surface area contributed by atoms with Crippen molar-refractivity contribution in [2.24, 2.45) is 0 Å². The maximum Gasteiger partial charge on any atom is 0.328 e. The molecule has 0 bridgehead atoms. The number of aromatic nitrogens is 2. The fourth-order valence-corrected chi connectivity index (χ4v) is 4.26. The fraction of sp³-hybridized carbons (Fsp3) is 0.615. The number of amides is 1. The first-order valence-corrected chi connectivity index (χ1v) is 8.47. The van der Waals surface area contributed by atoms with Crippen molar-refractivity contribution >= 4 is 29.0 Å². The van der Waals surface area contributed by atoms with Gasteiger partial charge in [0.25, 0.3) is 5.91 Å². The number of carbonyl (C=O) groups excluding carboxylic acids is 1. The Balaban J connectivity index is 1.96. The van der Waals surface area contributed by atoms with Crippen LogP contribution in [0, 0.1) is 6.92 Å². The smallest absolute Gasteiger partial charge is 0.328 e. The van der Waals surface area contributed by atoms with E-state index in [1.807, 2.05) is 6.92 Å². The van der Waals surface area contributed by atoms with Crippen LogP contribution in [0.4, 0.5) is 8.78 Å². The lowest BCUT2D eigenvalue weighted by Crippen LogP contribution is -2.46. The van der Waals surface area contributed by atoms with Gasteiger partial charge in [0, 0.05) is 24.8 Å². The number of rotatable bonds is 6. The van der Waals surface area contributed by atoms with E-state index in [2.05, 4.69) is 16.8 Å². The third-order valence-electron chi connectivity index (χ3n) is 3.26. The van der Waals surface area contributed by atoms with E-state index in [0.717, 1.165) is 28.3 Å². The lowest BCUT2D eigenvalue weighted by molar-refractivity contribution is -0.157. The van der Waals surface area contributed by atoms with Gasteiger partial charge in [-0.3, -0.25) is 4.79 Å². The van der Waals surface area contributed by atoms with Gasteiger partial charge in [0.15, 0.2) is 4.34 Å². The van der Waals surface area contributed by atoms with Gasteiger partial charge >= 0.3 is 5.92 Å². The predicted octanol–water partition coefficient (Wildman–Crippen LogP) is 3.14. The number of allylic oxidation sites excluding steroid dienone is 1. The second-order valence-corrected chi connectivity index (χ2v) is 7.34. The summed E-state index contributed by atoms with van der Waals surface area (Å²) in [6, 6.07) is -0.164. The maximum absolute atomic E-state index is 13.7. The highest BCUT2D eigenvalue weighted by Gasteiger charge is 2.44. The summed E-state index contributed by atoms with van der Waals surface area (Å²) >= 11 is 2.94. The van der Waals surface area contributed by atoms with Crippen LogP contribution in [0.15, 0.2) is 17.0 Å². The van der Waals surface area contributed by atoms with Crippen LogP contribution >= 0.6 is 23.1 Å². The SMILES string of the molecule is C=CCC(F)(F)C(=O)N1CCCC1CSc1nnc(C)s1. The molecule has 2 rings (SSSR count). The fourth-order valence-electron chi connectivity index (χ4n) is 2.26. The Morgan fingerprint density at radius 2 is 2.38 bits per heavy atom. The van der Waals surface area contributed by atoms with Crippen molar-refractivity contribution in [1.29, 1.82) is 0 Å². The minimum atomic E-state index is -3.35. The standard InChI is InChI=1S/C13H17F2N3OS2/c1-3-6-13(14,15)11(19)18-7-4-5-10(18)8-20-12-17-16-9(2)21-12/h3,10H,1,4-8H2,2H3. The molecule has 2 heterocycles. The summed E-state index contributed by atoms with van der Waals surface area (Å²) in [7, 11) is 0. The molecule has 1 saturated heterocycles. The number of carbonyl (C=O) groups is 1. The topological polar surface area (TPSA) is 46.1 Å². The molecule has 0 radical (unpaired) electrons. The molecule has 4 nitrogen and oxygen atoms in total. The van der Waals surface area contributed by atoms with Gasteiger partial charge in [-0.05, 0) is 19.8 Å². The zero-order valence-corrected chi connectivity index (χ0v) is 13.4. The Morgan fingerprint density at radius 3 is 3.00 bits per heavy atom. The molecule has 0 aromatic carbocycles. The molecule has 1 amide bonds. The van der Waals surface area contributed by atoms with E-state index < -0.39 is 18.3 Å². The minimum absolute atomic E-state index is 0.164. The Morgan fingerprint density at radius 1 is 1.62 bits per heavy atom. The van der Waals surface area contributed by atoms with Crippen molar-refractivity contribution in [2.75, 3.05) is 12.3 Å². The lowest BCUT2D eigenvalue weighted by Gasteiger charge is -2.27. The summed E-state index contributed by atoms with van der Waals surface area (Å²) < 4.78 is 28.2. The van der Waals surface area contributed by atoms with Gasteiger partial charge in [0.1, 0.15) is 5.01 Å². The van der Waals surface area contributed by atoms with Gasteiger partial charge in [-0.15, -0.1) is 16.8 Å². The van der Waals surface area contributed by atoms with Gasteiger partial charge in [0.05, 0.1) is 0 Å². The monoisotopic (exact) mass is 333 g/mol. The van der Waals surface area contributed by atoms with Crippen LogP contribution in [-0.4, -0.2) is 45.3 Å². The molecule has 116 valence electrons. The van der Waals surface area contributed by atoms with Crippen LogP contribution in [-0.2, 0) is 4.79 Å². The van der Waals surface area contributed by atoms with Crippen LogP contribution in [0.3, 0.4) is 0 Å². The van der Waals surface area contributed by atoms with Crippen LogP contribution in [0.25, 0.3) is 0 Å². The van der Waals surface area contributed by atoms with Crippen molar-refractivity contribution < 1.29 is 13.6 Å². The molecule has 1 fully saturated rings. The van der Waals surface area contributed by atoms with Crippen LogP contribution < -0.4 is 0 Å². The zero-order valence-electron chi connectivity index (χ0n) is 11.7. The van der Waals surface area contributed by atoms with Crippen molar-refractivity contribution in [3.63, 3.8) is 0 Å². The van der Waals surface area contributed by atoms with Crippen molar-refractivity contribution in [3.05, 3.63) is 17.7 Å². The second kappa shape index (κ2) is 6.83. The molecule has 1 aliphatic rings. The van der Waals surface area contributed by atoms with Gasteiger partial charge in [-0.25, -0.2) is 0 Å². The molecular weight excluding hydrogens is 316 g/mol. The van der Waals surface area contributed by atoms with Gasteiger partial charge in [-0.1, -0.05) is 29.2 Å². The van der Waals surface area contributed by atoms with Gasteiger partial charge < -0.3 is 4.90 Å². The molecule has 0 spiro atoms. The van der Waals surface area contributed by atoms with E-state index in [9.17, 15) is 13.6 Å². The van der Waals surface area contributed by atoms with Crippen molar-refractivity contribution in [1.82, 2.24) is 15.1 Å². The summed E-state index contributed by atoms with van der Waals surface area (Å²) in [5, 5.41) is 8.78. The number of nitrogens with zero attached hydrogens (tertiary/aromatic N) is 3. The molecule has 1 aliphatic heterocycles. The summed E-state index contributed by atoms with van der Waals surface area (Å²) in [5.74, 6) is -3.86. The third kappa shape index (κ3) is 4.00. The average Bonchev–Trinajstić information content (AvgIpc) is 3.04. The van der Waals surface area contributed by atoms with Crippen molar-refractivity contribution in [3.8, 4) is 0 Å². The first-order valence-electron chi connectivity index (χ1n) is 6.66. The zero-order chi connectivity index (χ0) is 15.5. The van der Waals surface area contributed by atoms with Gasteiger partial charge in [-0.2, -0.15) is 8.78 Å². The number of hydrogen-bond donors (Lipinski definition) is 0. The molecule has 1 unspecified atom stereocenters. The number of aryl methyl sites for hydroxylation is 1. The molecule has 1 aromatic heterocycles. The molecule has 0 saturated carbocycles. The van der Waals surface area contributed by atoms with E-state index in [-0.39, 0.29) is 6.04 Å². The molecule has 0 aliphatic carbocycles. The second-order valence-electron chi connectivity index (χ2n) is 4.89. The highest BCUT2D eigenvalue weighted by molar-refractivity contribution is 8.01. The largest absolute Gasteiger partial charge is 0.334 e. The Hall–Kier alpha value is -1.02. The van der Waals surface area contributed by atoms with Crippen LogP contribution in [0.1, 0.15) is 24.3 Å². The van der Waals surface area contributed by atoms with Gasteiger partial charge in [0.2, 0.25) is 0 Å². The number of hydrogen-bond acceptors (Lipinski definition) is 5. The highest BCUT2D eigenvalue weighted by atomic mass is 32.2. The van der Waals surface area contributed by atoms with E-state index in [1.165, 1.54) is 28.0 Å². The summed E-state index contributed by atoms with van der Waals surface area (Å²) in [6.07, 6.45) is 1.98. The quantitative estimate of drug-likeness (QED) is 0.593. The van der Waals surface area contributed by atoms with Crippen molar-refractivity contribution in [2.45, 2.75) is 42.5 Å². The van der Waals surface area contributed by atoms with E-state index >= 15 is 0 Å². The van der Waals surface area contributed by atoms with E-state index in [4.69, 9.17) is 0 Å². The molecule has 1 atom stereocenters. The first kappa shape index (κ1) is 16.4. The average molecular weight is 333 g/mol. The molecule has 0 N–H and O–H groups in total. The summed E-state index contributed by atoms with van der Waals surface area (Å²) in [6.45, 7) is 5.54. The predicted molar refractivity (Wildman–Crippen MR) is 79.9 cm³/mol. The summed E-state index contributed by atoms with van der Waals surface area (Å²) in [5.41, 5.74) is 0. The van der Waals surface area contributed by atoms with Crippen LogP contribution in [0.2, 0.25) is 0 Å². The lowest BCUT2D eigenvalue weighted by atomic mass is 10.2. The minimum Gasteiger partial charge on any atom is -0.334 e. The van der Waals surface area contributed by atoms with E-state index in [0.29, 0.717) is 12.3 Å². The number of alkyl halides is 2. The van der Waals surface area contributed by atoms with E-state index in [1.54, 1.807) is 0 Å². The first-order chi connectivity index (χ1) is 9.94. The third-order valence-corrected chi connectivity index (χ3v) is 5.38. The number of halogens is 2. The Labute approximate surface area is 130 Å². The summed E-state index contributed by atoms with van der Waals surface area (Å²) in [4.78, 5) is 13.3. The molecule has 21 heavy (non-hydrogen) atoms. The number of thioether (sulfide) groups is 1. The molecular formula is C13H17F2N3OS2. The Kier molecular flexibility index (Phi) is 5.32. The maximum atomic E-state index is 13.7. The number of likely N-dealkylation sites (tertiary alicyclic amines) is 1. The molecule has 1 aromatic rings. The Bertz CT molecular complexity index is 521.